The van der Waals surface area contributed by atoms with Crippen LogP contribution in [0.3, 0.4) is 0 Å². The molecule has 1 unspecified atom stereocenters. The lowest BCUT2D eigenvalue weighted by atomic mass is 10.0. The number of ether oxygens (including phenoxy) is 1. The minimum absolute atomic E-state index is 0.184. The highest BCUT2D eigenvalue weighted by molar-refractivity contribution is 7.98. The van der Waals surface area contributed by atoms with E-state index in [1.807, 2.05) is 31.4 Å². The van der Waals surface area contributed by atoms with Crippen molar-refractivity contribution >= 4 is 23.4 Å². The van der Waals surface area contributed by atoms with Gasteiger partial charge in [-0.05, 0) is 43.0 Å². The molecule has 0 aliphatic rings. The van der Waals surface area contributed by atoms with Gasteiger partial charge in [-0.3, -0.25) is 4.79 Å². The molecule has 0 aliphatic heterocycles. The summed E-state index contributed by atoms with van der Waals surface area (Å²) in [7, 11) is 0. The summed E-state index contributed by atoms with van der Waals surface area (Å²) in [6.45, 7) is 2.33. The quantitative estimate of drug-likeness (QED) is 0.481. The lowest BCUT2D eigenvalue weighted by Crippen LogP contribution is -2.14. The Morgan fingerprint density at radius 2 is 2.29 bits per heavy atom. The van der Waals surface area contributed by atoms with E-state index in [-0.39, 0.29) is 11.9 Å². The van der Waals surface area contributed by atoms with Crippen LogP contribution in [0, 0.1) is 0 Å². The van der Waals surface area contributed by atoms with Gasteiger partial charge in [-0.2, -0.15) is 11.8 Å². The Labute approximate surface area is 107 Å². The molecule has 0 amide bonds. The van der Waals surface area contributed by atoms with E-state index in [9.17, 15) is 4.79 Å². The van der Waals surface area contributed by atoms with E-state index in [1.165, 1.54) is 0 Å². The number of carbonyl (C=O) groups excluding carboxylic acids is 1. The van der Waals surface area contributed by atoms with Crippen molar-refractivity contribution in [3.63, 3.8) is 0 Å². The van der Waals surface area contributed by atoms with E-state index < -0.39 is 0 Å². The molecule has 0 bridgehead atoms. The second-order valence-electron chi connectivity index (χ2n) is 3.91. The van der Waals surface area contributed by atoms with Crippen molar-refractivity contribution < 1.29 is 9.53 Å². The van der Waals surface area contributed by atoms with Crippen molar-refractivity contribution in [3.8, 4) is 0 Å². The highest BCUT2D eigenvalue weighted by Gasteiger charge is 2.16. The summed E-state index contributed by atoms with van der Waals surface area (Å²) in [5.74, 6) is 0.574. The molecule has 4 heteroatoms. The minimum Gasteiger partial charge on any atom is -0.465 e. The predicted molar refractivity (Wildman–Crippen MR) is 73.2 cm³/mol. The topological polar surface area (TPSA) is 52.3 Å². The van der Waals surface area contributed by atoms with Crippen LogP contribution in [0.2, 0.25) is 0 Å². The van der Waals surface area contributed by atoms with E-state index in [1.54, 1.807) is 17.8 Å². The van der Waals surface area contributed by atoms with Gasteiger partial charge in [0, 0.05) is 5.69 Å². The molecule has 94 valence electrons. The Bertz CT molecular complexity index is 368. The van der Waals surface area contributed by atoms with Gasteiger partial charge in [0.25, 0.3) is 0 Å². The first kappa shape index (κ1) is 13.9. The Morgan fingerprint density at radius 3 is 2.94 bits per heavy atom. The summed E-state index contributed by atoms with van der Waals surface area (Å²) in [5, 5.41) is 0. The number of thioether (sulfide) groups is 1. The molecule has 0 aromatic heterocycles. The van der Waals surface area contributed by atoms with Gasteiger partial charge in [-0.25, -0.2) is 0 Å². The molecule has 0 fully saturated rings. The molecule has 2 N–H and O–H groups in total. The fourth-order valence-electron chi connectivity index (χ4n) is 1.47. The number of hydrogen-bond donors (Lipinski definition) is 1. The van der Waals surface area contributed by atoms with E-state index >= 15 is 0 Å². The third-order valence-corrected chi connectivity index (χ3v) is 3.20. The third kappa shape index (κ3) is 4.69. The fraction of sp³-hybridized carbons (Fsp3) is 0.462. The van der Waals surface area contributed by atoms with Gasteiger partial charge in [-0.1, -0.05) is 12.1 Å². The van der Waals surface area contributed by atoms with Gasteiger partial charge in [-0.15, -0.1) is 0 Å². The summed E-state index contributed by atoms with van der Waals surface area (Å²) in [5.41, 5.74) is 7.25. The Balaban J connectivity index is 2.46. The molecule has 17 heavy (non-hydrogen) atoms. The van der Waals surface area contributed by atoms with Gasteiger partial charge < -0.3 is 10.5 Å². The molecule has 1 aromatic carbocycles. The van der Waals surface area contributed by atoms with E-state index in [0.29, 0.717) is 12.3 Å². The second kappa shape index (κ2) is 7.22. The number of nitrogens with two attached hydrogens (primary N) is 1. The van der Waals surface area contributed by atoms with Crippen LogP contribution in [0.15, 0.2) is 24.3 Å². The number of anilines is 1. The van der Waals surface area contributed by atoms with Crippen LogP contribution in [0.5, 0.6) is 0 Å². The van der Waals surface area contributed by atoms with E-state index in [2.05, 4.69) is 0 Å². The summed E-state index contributed by atoms with van der Waals surface area (Å²) < 4.78 is 5.21. The van der Waals surface area contributed by atoms with Gasteiger partial charge in [0.15, 0.2) is 0 Å². The first-order valence-electron chi connectivity index (χ1n) is 5.66. The van der Waals surface area contributed by atoms with Crippen LogP contribution < -0.4 is 5.73 Å². The number of hydrogen-bond acceptors (Lipinski definition) is 4. The van der Waals surface area contributed by atoms with Gasteiger partial charge in [0.1, 0.15) is 0 Å². The summed E-state index contributed by atoms with van der Waals surface area (Å²) in [6.07, 6.45) is 2.94. The maximum atomic E-state index is 11.7. The molecule has 0 saturated carbocycles. The maximum absolute atomic E-state index is 11.7. The molecule has 3 nitrogen and oxygen atoms in total. The molecule has 0 saturated heterocycles. The summed E-state index contributed by atoms with van der Waals surface area (Å²) in [4.78, 5) is 11.7. The van der Waals surface area contributed by atoms with E-state index in [4.69, 9.17) is 10.5 Å². The Kier molecular flexibility index (Phi) is 5.91. The first-order chi connectivity index (χ1) is 8.15. The second-order valence-corrected chi connectivity index (χ2v) is 4.89. The van der Waals surface area contributed by atoms with E-state index in [0.717, 1.165) is 17.7 Å². The Hall–Kier alpha value is -1.16. The zero-order valence-corrected chi connectivity index (χ0v) is 11.1. The van der Waals surface area contributed by atoms with Crippen LogP contribution in [-0.4, -0.2) is 24.6 Å². The van der Waals surface area contributed by atoms with Crippen LogP contribution in [0.25, 0.3) is 0 Å². The van der Waals surface area contributed by atoms with Crippen LogP contribution in [-0.2, 0) is 9.53 Å². The molecule has 0 aliphatic carbocycles. The van der Waals surface area contributed by atoms with Gasteiger partial charge >= 0.3 is 5.97 Å². The van der Waals surface area contributed by atoms with Gasteiger partial charge in [0.2, 0.25) is 0 Å². The van der Waals surface area contributed by atoms with Crippen LogP contribution >= 0.6 is 11.8 Å². The average Bonchev–Trinajstić information content (AvgIpc) is 2.33. The summed E-state index contributed by atoms with van der Waals surface area (Å²) >= 11 is 1.75. The van der Waals surface area contributed by atoms with Crippen LogP contribution in [0.4, 0.5) is 5.69 Å². The molecule has 1 rings (SSSR count). The smallest absolute Gasteiger partial charge is 0.313 e. The van der Waals surface area contributed by atoms with Crippen molar-refractivity contribution in [2.75, 3.05) is 24.3 Å². The number of benzene rings is 1. The largest absolute Gasteiger partial charge is 0.465 e. The zero-order valence-electron chi connectivity index (χ0n) is 10.3. The Morgan fingerprint density at radius 1 is 1.53 bits per heavy atom. The molecule has 0 heterocycles. The average molecular weight is 253 g/mol. The summed E-state index contributed by atoms with van der Waals surface area (Å²) in [6, 6.07) is 7.36. The van der Waals surface area contributed by atoms with Gasteiger partial charge in [0.05, 0.1) is 12.5 Å². The standard InChI is InChI=1S/C13H19NO2S/c1-10(11-5-3-6-12(14)9-11)13(15)16-7-4-8-17-2/h3,5-6,9-10H,4,7-8,14H2,1-2H3. The number of carbonyl (C=O) groups is 1. The molecular formula is C13H19NO2S. The van der Waals surface area contributed by atoms with Crippen molar-refractivity contribution in [1.82, 2.24) is 0 Å². The molecule has 0 spiro atoms. The fourth-order valence-corrected chi connectivity index (χ4v) is 1.87. The first-order valence-corrected chi connectivity index (χ1v) is 7.05. The third-order valence-electron chi connectivity index (χ3n) is 2.50. The maximum Gasteiger partial charge on any atom is 0.313 e. The van der Waals surface area contributed by atoms with Crippen molar-refractivity contribution in [3.05, 3.63) is 29.8 Å². The molecule has 0 radical (unpaired) electrons. The lowest BCUT2D eigenvalue weighted by Gasteiger charge is -2.12. The minimum atomic E-state index is -0.257. The van der Waals surface area contributed by atoms with Crippen molar-refractivity contribution in [1.29, 1.82) is 0 Å². The number of rotatable bonds is 6. The zero-order chi connectivity index (χ0) is 12.7. The molecular weight excluding hydrogens is 234 g/mol. The lowest BCUT2D eigenvalue weighted by molar-refractivity contribution is -0.145. The molecule has 1 atom stereocenters. The van der Waals surface area contributed by atoms with Crippen molar-refractivity contribution in [2.45, 2.75) is 19.3 Å². The predicted octanol–water partition coefficient (Wildman–Crippen LogP) is 2.67. The number of esters is 1. The number of nitrogen functional groups attached to an aromatic ring is 1. The van der Waals surface area contributed by atoms with Crippen LogP contribution in [0.1, 0.15) is 24.8 Å². The van der Waals surface area contributed by atoms with Crippen molar-refractivity contribution in [2.24, 2.45) is 0 Å². The normalized spacial score (nSPS) is 12.1. The highest BCUT2D eigenvalue weighted by Crippen LogP contribution is 2.19. The highest BCUT2D eigenvalue weighted by atomic mass is 32.2. The SMILES string of the molecule is CSCCCOC(=O)C(C)c1cccc(N)c1. The monoisotopic (exact) mass is 253 g/mol. The molecule has 1 aromatic rings.